The van der Waals surface area contributed by atoms with Crippen LogP contribution < -0.4 is 5.32 Å². The molecule has 1 fully saturated rings. The van der Waals surface area contributed by atoms with Gasteiger partial charge in [0.2, 0.25) is 0 Å². The lowest BCUT2D eigenvalue weighted by Gasteiger charge is -2.32. The quantitative estimate of drug-likeness (QED) is 0.877. The Morgan fingerprint density at radius 1 is 1.15 bits per heavy atom. The SMILES string of the molecule is CS(=O)(=O)C1CCC(NC(=O)N2CC=C(c3ccc(F)cc3)CC2)CC1. The molecular formula is C19H25FN2O3S. The zero-order chi connectivity index (χ0) is 18.7. The Morgan fingerprint density at radius 2 is 1.81 bits per heavy atom. The molecule has 1 aliphatic heterocycles. The molecule has 1 aliphatic carbocycles. The Labute approximate surface area is 154 Å². The molecule has 0 atom stereocenters. The number of hydrogen-bond donors (Lipinski definition) is 1. The maximum atomic E-state index is 13.0. The van der Waals surface area contributed by atoms with Gasteiger partial charge in [-0.2, -0.15) is 0 Å². The molecule has 1 aromatic rings. The van der Waals surface area contributed by atoms with Gasteiger partial charge in [0, 0.05) is 25.4 Å². The Kier molecular flexibility index (Phi) is 5.65. The highest BCUT2D eigenvalue weighted by atomic mass is 32.2. The molecule has 1 heterocycles. The van der Waals surface area contributed by atoms with E-state index < -0.39 is 9.84 Å². The molecule has 26 heavy (non-hydrogen) atoms. The third-order valence-corrected chi connectivity index (χ3v) is 7.00. The van der Waals surface area contributed by atoms with Gasteiger partial charge in [0.1, 0.15) is 15.7 Å². The van der Waals surface area contributed by atoms with Gasteiger partial charge in [0.25, 0.3) is 0 Å². The molecule has 0 radical (unpaired) electrons. The van der Waals surface area contributed by atoms with E-state index in [1.54, 1.807) is 17.0 Å². The third kappa shape index (κ3) is 4.63. The highest BCUT2D eigenvalue weighted by Gasteiger charge is 2.29. The average Bonchev–Trinajstić information content (AvgIpc) is 2.62. The summed E-state index contributed by atoms with van der Waals surface area (Å²) in [7, 11) is -2.99. The monoisotopic (exact) mass is 380 g/mol. The minimum Gasteiger partial charge on any atom is -0.335 e. The van der Waals surface area contributed by atoms with E-state index in [0.717, 1.165) is 17.6 Å². The van der Waals surface area contributed by atoms with Gasteiger partial charge in [-0.25, -0.2) is 17.6 Å². The number of hydrogen-bond acceptors (Lipinski definition) is 3. The molecule has 1 aromatic carbocycles. The summed E-state index contributed by atoms with van der Waals surface area (Å²) in [6.45, 7) is 1.14. The summed E-state index contributed by atoms with van der Waals surface area (Å²) in [4.78, 5) is 14.2. The van der Waals surface area contributed by atoms with E-state index in [0.29, 0.717) is 38.8 Å². The topological polar surface area (TPSA) is 66.5 Å². The second-order valence-corrected chi connectivity index (χ2v) is 9.51. The zero-order valence-electron chi connectivity index (χ0n) is 14.9. The van der Waals surface area contributed by atoms with Crippen LogP contribution in [0.3, 0.4) is 0 Å². The summed E-state index contributed by atoms with van der Waals surface area (Å²) in [6.07, 6.45) is 6.66. The van der Waals surface area contributed by atoms with Crippen molar-refractivity contribution in [2.24, 2.45) is 0 Å². The lowest BCUT2D eigenvalue weighted by atomic mass is 9.95. The molecule has 0 spiro atoms. The fourth-order valence-corrected chi connectivity index (χ4v) is 4.81. The van der Waals surface area contributed by atoms with E-state index in [9.17, 15) is 17.6 Å². The molecule has 0 saturated heterocycles. The van der Waals surface area contributed by atoms with Crippen molar-refractivity contribution in [1.82, 2.24) is 10.2 Å². The lowest BCUT2D eigenvalue weighted by Crippen LogP contribution is -2.48. The smallest absolute Gasteiger partial charge is 0.317 e. The summed E-state index contributed by atoms with van der Waals surface area (Å²) < 4.78 is 36.2. The number of benzene rings is 1. The van der Waals surface area contributed by atoms with Crippen molar-refractivity contribution >= 4 is 21.4 Å². The van der Waals surface area contributed by atoms with Gasteiger partial charge in [-0.15, -0.1) is 0 Å². The predicted molar refractivity (Wildman–Crippen MR) is 100.0 cm³/mol. The van der Waals surface area contributed by atoms with Crippen LogP contribution in [0.25, 0.3) is 5.57 Å². The van der Waals surface area contributed by atoms with Crippen LogP contribution in [0.1, 0.15) is 37.7 Å². The van der Waals surface area contributed by atoms with Crippen LogP contribution in [0.4, 0.5) is 9.18 Å². The Hall–Kier alpha value is -1.89. The number of sulfone groups is 1. The summed E-state index contributed by atoms with van der Waals surface area (Å²) in [5, 5.41) is 2.76. The molecule has 3 rings (SSSR count). The minimum atomic E-state index is -2.99. The maximum Gasteiger partial charge on any atom is 0.317 e. The van der Waals surface area contributed by atoms with E-state index in [-0.39, 0.29) is 23.1 Å². The molecule has 0 bridgehead atoms. The van der Waals surface area contributed by atoms with Crippen LogP contribution in [0.2, 0.25) is 0 Å². The number of carbonyl (C=O) groups is 1. The molecular weight excluding hydrogens is 355 g/mol. The van der Waals surface area contributed by atoms with Crippen molar-refractivity contribution in [2.75, 3.05) is 19.3 Å². The molecule has 0 unspecified atom stereocenters. The first-order valence-electron chi connectivity index (χ1n) is 9.02. The number of amides is 2. The van der Waals surface area contributed by atoms with Gasteiger partial charge in [-0.3, -0.25) is 0 Å². The standard InChI is InChI=1S/C19H25FN2O3S/c1-26(24,25)18-8-6-17(7-9-18)21-19(23)22-12-10-15(11-13-22)14-2-4-16(20)5-3-14/h2-5,10,17-18H,6-9,11-13H2,1H3,(H,21,23). The summed E-state index contributed by atoms with van der Waals surface area (Å²) >= 11 is 0. The molecule has 1 N–H and O–H groups in total. The van der Waals surface area contributed by atoms with Crippen LogP contribution in [0.15, 0.2) is 30.3 Å². The molecule has 0 aromatic heterocycles. The molecule has 2 amide bonds. The van der Waals surface area contributed by atoms with Gasteiger partial charge >= 0.3 is 6.03 Å². The van der Waals surface area contributed by atoms with Gasteiger partial charge in [0.05, 0.1) is 5.25 Å². The van der Waals surface area contributed by atoms with E-state index >= 15 is 0 Å². The number of nitrogens with one attached hydrogen (secondary N) is 1. The third-order valence-electron chi connectivity index (χ3n) is 5.32. The average molecular weight is 380 g/mol. The number of nitrogens with zero attached hydrogens (tertiary/aromatic N) is 1. The fraction of sp³-hybridized carbons (Fsp3) is 0.526. The highest BCUT2D eigenvalue weighted by Crippen LogP contribution is 2.25. The van der Waals surface area contributed by atoms with Crippen LogP contribution in [0.5, 0.6) is 0 Å². The van der Waals surface area contributed by atoms with Crippen LogP contribution in [-0.4, -0.2) is 50.0 Å². The fourth-order valence-electron chi connectivity index (χ4n) is 3.68. The Balaban J connectivity index is 1.50. The van der Waals surface area contributed by atoms with E-state index in [2.05, 4.69) is 5.32 Å². The van der Waals surface area contributed by atoms with Crippen molar-refractivity contribution in [3.63, 3.8) is 0 Å². The van der Waals surface area contributed by atoms with Crippen molar-refractivity contribution < 1.29 is 17.6 Å². The maximum absolute atomic E-state index is 13.0. The van der Waals surface area contributed by atoms with Crippen molar-refractivity contribution in [3.05, 3.63) is 41.7 Å². The zero-order valence-corrected chi connectivity index (χ0v) is 15.8. The van der Waals surface area contributed by atoms with E-state index in [1.807, 2.05) is 6.08 Å². The highest BCUT2D eigenvalue weighted by molar-refractivity contribution is 7.91. The largest absolute Gasteiger partial charge is 0.335 e. The summed E-state index contributed by atoms with van der Waals surface area (Å²) in [6, 6.07) is 6.36. The molecule has 5 nitrogen and oxygen atoms in total. The number of urea groups is 1. The second-order valence-electron chi connectivity index (χ2n) is 7.18. The van der Waals surface area contributed by atoms with Crippen molar-refractivity contribution in [3.8, 4) is 0 Å². The summed E-state index contributed by atoms with van der Waals surface area (Å²) in [5.41, 5.74) is 2.12. The van der Waals surface area contributed by atoms with Gasteiger partial charge in [-0.1, -0.05) is 18.2 Å². The van der Waals surface area contributed by atoms with Crippen LogP contribution in [-0.2, 0) is 9.84 Å². The first kappa shape index (κ1) is 18.9. The second kappa shape index (κ2) is 7.78. The molecule has 2 aliphatic rings. The van der Waals surface area contributed by atoms with Crippen molar-refractivity contribution in [1.29, 1.82) is 0 Å². The normalized spacial score (nSPS) is 24.1. The first-order chi connectivity index (χ1) is 12.3. The lowest BCUT2D eigenvalue weighted by molar-refractivity contribution is 0.195. The Bertz CT molecular complexity index is 782. The molecule has 142 valence electrons. The number of halogens is 1. The minimum absolute atomic E-state index is 0.0444. The molecule has 7 heteroatoms. The summed E-state index contributed by atoms with van der Waals surface area (Å²) in [5.74, 6) is -0.253. The number of carbonyl (C=O) groups excluding carboxylic acids is 1. The van der Waals surface area contributed by atoms with Crippen LogP contribution >= 0.6 is 0 Å². The van der Waals surface area contributed by atoms with Gasteiger partial charge < -0.3 is 10.2 Å². The van der Waals surface area contributed by atoms with Crippen LogP contribution in [0, 0.1) is 5.82 Å². The van der Waals surface area contributed by atoms with Gasteiger partial charge in [-0.05, 0) is 55.4 Å². The predicted octanol–water partition coefficient (Wildman–Crippen LogP) is 2.98. The van der Waals surface area contributed by atoms with E-state index in [1.165, 1.54) is 18.4 Å². The van der Waals surface area contributed by atoms with E-state index in [4.69, 9.17) is 0 Å². The molecule has 1 saturated carbocycles. The van der Waals surface area contributed by atoms with Crippen molar-refractivity contribution in [2.45, 2.75) is 43.4 Å². The van der Waals surface area contributed by atoms with Gasteiger partial charge in [0.15, 0.2) is 0 Å². The first-order valence-corrected chi connectivity index (χ1v) is 11.0. The number of rotatable bonds is 3. The Morgan fingerprint density at radius 3 is 2.35 bits per heavy atom.